The summed E-state index contributed by atoms with van der Waals surface area (Å²) in [7, 11) is 3.75. The zero-order chi connectivity index (χ0) is 44.8. The number of phenols is 2. The highest BCUT2D eigenvalue weighted by Gasteiger charge is 2.54. The molecule has 0 spiro atoms. The average Bonchev–Trinajstić information content (AvgIpc) is 3.88. The van der Waals surface area contributed by atoms with Gasteiger partial charge in [-0.15, -0.1) is 5.76 Å². The first-order chi connectivity index (χ1) is 30.9. The van der Waals surface area contributed by atoms with Crippen molar-refractivity contribution < 1.29 is 24.9 Å². The molecule has 8 nitrogen and oxygen atoms in total. The number of aryl methyl sites for hydroxylation is 1. The fraction of sp³-hybridized carbons (Fsp3) is 0.481. The highest BCUT2D eigenvalue weighted by molar-refractivity contribution is 8.76. The second-order valence-corrected chi connectivity index (χ2v) is 21.7. The number of nitrogens with two attached hydrogens (primary N) is 2. The lowest BCUT2D eigenvalue weighted by Gasteiger charge is -2.45. The van der Waals surface area contributed by atoms with Crippen LogP contribution in [0.4, 0.5) is 0 Å². The number of hydrogen-bond donors (Lipinski definition) is 4. The summed E-state index contributed by atoms with van der Waals surface area (Å²) in [6, 6.07) is 15.0. The molecular weight excluding hydrogens is 835 g/mol. The number of fused-ring (bicyclic) bond motifs is 7. The van der Waals surface area contributed by atoms with Gasteiger partial charge in [0.2, 0.25) is 0 Å². The van der Waals surface area contributed by atoms with Gasteiger partial charge in [0.05, 0.1) is 24.9 Å². The number of ether oxygens (including phenoxy) is 1. The van der Waals surface area contributed by atoms with E-state index < -0.39 is 12.1 Å². The molecule has 8 rings (SSSR count). The summed E-state index contributed by atoms with van der Waals surface area (Å²) in [6.07, 6.45) is 20.8. The SMILES string of the molecule is CCCCC[C@H](C)C[C@@H]1CC[C@@]23CC[C@@]1(/C=C\C(=O)CCc1ccc(O)c(c1)OCCc1ccc(O)c(c1)[C@H]1CC([O-])=C4C=CN=C4CC#Cc4cc(C(N)N)c(cc41)CSSC2)C3. The summed E-state index contributed by atoms with van der Waals surface area (Å²) in [5.41, 5.74) is 20.3. The lowest BCUT2D eigenvalue weighted by molar-refractivity contribution is -0.307. The number of rotatable bonds is 7. The van der Waals surface area contributed by atoms with Crippen molar-refractivity contribution in [3.8, 4) is 29.1 Å². The van der Waals surface area contributed by atoms with Crippen LogP contribution in [0.2, 0.25) is 0 Å². The number of benzene rings is 3. The van der Waals surface area contributed by atoms with Crippen molar-refractivity contribution in [3.05, 3.63) is 123 Å². The van der Waals surface area contributed by atoms with Gasteiger partial charge in [0.25, 0.3) is 0 Å². The third-order valence-corrected chi connectivity index (χ3v) is 17.2. The molecule has 2 aliphatic heterocycles. The van der Waals surface area contributed by atoms with Gasteiger partial charge in [0, 0.05) is 47.6 Å². The third-order valence-electron chi connectivity index (χ3n) is 14.7. The van der Waals surface area contributed by atoms with Gasteiger partial charge in [0.15, 0.2) is 17.3 Å². The third kappa shape index (κ3) is 10.5. The van der Waals surface area contributed by atoms with Gasteiger partial charge < -0.3 is 31.5 Å². The van der Waals surface area contributed by atoms with Crippen molar-refractivity contribution in [3.63, 3.8) is 0 Å². The minimum absolute atomic E-state index is 0.0195. The molecule has 6 N–H and O–H groups in total. The van der Waals surface area contributed by atoms with Gasteiger partial charge in [-0.25, -0.2) is 0 Å². The summed E-state index contributed by atoms with van der Waals surface area (Å²) < 4.78 is 6.18. The lowest BCUT2D eigenvalue weighted by Crippen LogP contribution is -2.36. The Hall–Kier alpha value is -4.40. The van der Waals surface area contributed by atoms with Crippen LogP contribution in [0.3, 0.4) is 0 Å². The molecule has 0 unspecified atom stereocenters. The summed E-state index contributed by atoms with van der Waals surface area (Å²) in [4.78, 5) is 18.1. The van der Waals surface area contributed by atoms with E-state index in [-0.39, 0.29) is 46.9 Å². The molecule has 338 valence electrons. The van der Waals surface area contributed by atoms with E-state index in [1.807, 2.05) is 58.0 Å². The molecule has 0 saturated heterocycles. The number of unbranched alkanes of at least 4 members (excludes halogenated alkanes) is 2. The molecule has 2 saturated carbocycles. The molecule has 64 heavy (non-hydrogen) atoms. The average molecular weight is 899 g/mol. The van der Waals surface area contributed by atoms with E-state index in [2.05, 4.69) is 42.8 Å². The minimum atomic E-state index is -0.734. The Morgan fingerprint density at radius 3 is 2.62 bits per heavy atom. The number of carbonyl (C=O) groups is 1. The van der Waals surface area contributed by atoms with Crippen LogP contribution >= 0.6 is 21.6 Å². The Balaban J connectivity index is 1.15. The van der Waals surface area contributed by atoms with Crippen LogP contribution in [0.25, 0.3) is 0 Å². The second kappa shape index (κ2) is 20.4. The smallest absolute Gasteiger partial charge is 0.161 e. The summed E-state index contributed by atoms with van der Waals surface area (Å²) in [6.45, 7) is 4.96. The van der Waals surface area contributed by atoms with Crippen molar-refractivity contribution >= 4 is 33.1 Å². The Bertz CT molecular complexity index is 2410. The number of allylic oxidation sites excluding steroid dienone is 5. The van der Waals surface area contributed by atoms with Crippen LogP contribution < -0.4 is 21.3 Å². The summed E-state index contributed by atoms with van der Waals surface area (Å²) >= 11 is 0. The van der Waals surface area contributed by atoms with Crippen molar-refractivity contribution in [2.45, 2.75) is 128 Å². The first kappa shape index (κ1) is 46.1. The quantitative estimate of drug-likeness (QED) is 0.0785. The zero-order valence-electron chi connectivity index (χ0n) is 37.5. The van der Waals surface area contributed by atoms with Crippen LogP contribution in [0.5, 0.6) is 17.2 Å². The maximum absolute atomic E-state index is 14.2. The fourth-order valence-electron chi connectivity index (χ4n) is 11.1. The Morgan fingerprint density at radius 1 is 0.969 bits per heavy atom. The van der Waals surface area contributed by atoms with Gasteiger partial charge >= 0.3 is 0 Å². The van der Waals surface area contributed by atoms with Crippen molar-refractivity contribution in [1.29, 1.82) is 0 Å². The molecule has 5 atom stereocenters. The molecule has 2 fully saturated rings. The molecule has 10 heteroatoms. The van der Waals surface area contributed by atoms with E-state index in [0.29, 0.717) is 65.9 Å². The van der Waals surface area contributed by atoms with Crippen molar-refractivity contribution in [2.75, 3.05) is 12.4 Å². The van der Waals surface area contributed by atoms with E-state index in [1.54, 1.807) is 24.4 Å². The number of nitrogens with zero attached hydrogens (tertiary/aromatic N) is 1. The van der Waals surface area contributed by atoms with Crippen molar-refractivity contribution in [1.82, 2.24) is 0 Å². The Morgan fingerprint density at radius 2 is 1.80 bits per heavy atom. The standard InChI is InChI=1S/C54H65N3O5S2/c1-3-4-5-7-35(2)26-40-16-20-53-22-23-54(40,33-53)21-17-41(58)13-10-36-12-15-49(60)51(28-36)62-25-19-37-11-14-48(59)46(27-37)45-31-50(61)42-18-24-57-47(42)9-6-8-38-29-44(52(55)56)39(30-43(38)45)32-63-64-34-53/h11-12,14-15,17-18,21,24,27-30,35,40,45,52,59-61H,3-5,7,9-10,13,16,19-20,22-23,25-26,31-34,55-56H2,1-2H3/p-1/b21-17-,50-42?/t35-,40-,45-,53-,54-/m0/s1. The zero-order valence-corrected chi connectivity index (χ0v) is 39.1. The van der Waals surface area contributed by atoms with Gasteiger partial charge in [0.1, 0.15) is 5.75 Å². The number of hydrogen-bond acceptors (Lipinski definition) is 10. The summed E-state index contributed by atoms with van der Waals surface area (Å²) in [5, 5.41) is 36.6. The number of aromatic hydroxyl groups is 2. The Labute approximate surface area is 387 Å². The van der Waals surface area contributed by atoms with Crippen LogP contribution in [-0.2, 0) is 23.4 Å². The molecule has 3 aromatic rings. The largest absolute Gasteiger partial charge is 0.875 e. The van der Waals surface area contributed by atoms with Crippen LogP contribution in [-0.4, -0.2) is 34.1 Å². The van der Waals surface area contributed by atoms with E-state index in [4.69, 9.17) is 16.2 Å². The van der Waals surface area contributed by atoms with Gasteiger partial charge in [-0.05, 0) is 144 Å². The minimum Gasteiger partial charge on any atom is -0.875 e. The van der Waals surface area contributed by atoms with Crippen LogP contribution in [0, 0.1) is 34.5 Å². The number of ketones is 1. The number of carbonyl (C=O) groups excluding carboxylic acids is 1. The maximum Gasteiger partial charge on any atom is 0.161 e. The molecule has 0 amide bonds. The molecule has 3 aliphatic carbocycles. The summed E-state index contributed by atoms with van der Waals surface area (Å²) in [5.74, 6) is 9.64. The predicted molar refractivity (Wildman–Crippen MR) is 260 cm³/mol. The first-order valence-corrected chi connectivity index (χ1v) is 26.0. The second-order valence-electron chi connectivity index (χ2n) is 19.2. The van der Waals surface area contributed by atoms with Crippen molar-refractivity contribution in [2.24, 2.45) is 39.1 Å². The molecule has 0 radical (unpaired) electrons. The highest BCUT2D eigenvalue weighted by Crippen LogP contribution is 2.64. The van der Waals surface area contributed by atoms with Gasteiger partial charge in [-0.3, -0.25) is 9.79 Å². The molecule has 2 heterocycles. The molecule has 8 bridgehead atoms. The fourth-order valence-corrected chi connectivity index (χ4v) is 13.9. The lowest BCUT2D eigenvalue weighted by atomic mass is 9.61. The topological polar surface area (TPSA) is 154 Å². The van der Waals surface area contributed by atoms with E-state index >= 15 is 0 Å². The number of aliphatic imine (C=N–C) groups is 1. The Kier molecular flexibility index (Phi) is 14.7. The molecule has 0 aromatic heterocycles. The van der Waals surface area contributed by atoms with Crippen LogP contribution in [0.1, 0.15) is 148 Å². The molecular formula is C54H64N3O5S2-. The predicted octanol–water partition coefficient (Wildman–Crippen LogP) is 10.6. The van der Waals surface area contributed by atoms with Crippen LogP contribution in [0.15, 0.2) is 89.3 Å². The highest BCUT2D eigenvalue weighted by atomic mass is 33.1. The normalized spacial score (nSPS) is 25.8. The molecule has 5 aliphatic rings. The number of phenolic OH excluding ortho intramolecular Hbond substituents is 2. The van der Waals surface area contributed by atoms with Gasteiger partial charge in [-0.1, -0.05) is 103 Å². The monoisotopic (exact) mass is 898 g/mol. The van der Waals surface area contributed by atoms with E-state index in [0.717, 1.165) is 58.4 Å². The first-order valence-electron chi connectivity index (χ1n) is 23.5. The van der Waals surface area contributed by atoms with Gasteiger partial charge in [-0.2, -0.15) is 0 Å². The molecule has 3 aromatic carbocycles. The maximum atomic E-state index is 14.2. The van der Waals surface area contributed by atoms with E-state index in [9.17, 15) is 20.1 Å². The van der Waals surface area contributed by atoms with E-state index in [1.165, 1.54) is 44.9 Å².